The molecule has 2 aliphatic rings. The number of carbonyl (C=O) groups is 3. The van der Waals surface area contributed by atoms with E-state index in [0.717, 1.165) is 53.4 Å². The van der Waals surface area contributed by atoms with Gasteiger partial charge in [-0.1, -0.05) is 62.6 Å². The number of nitrogens with one attached hydrogen (secondary N) is 3. The molecule has 3 aromatic rings. The highest BCUT2D eigenvalue weighted by Gasteiger charge is 2.49. The molecule has 0 aliphatic carbocycles. The van der Waals surface area contributed by atoms with Gasteiger partial charge in [-0.3, -0.25) is 14.4 Å². The van der Waals surface area contributed by atoms with Gasteiger partial charge in [0, 0.05) is 35.1 Å². The Bertz CT molecular complexity index is 1280. The molecule has 182 valence electrons. The van der Waals surface area contributed by atoms with E-state index in [2.05, 4.69) is 22.5 Å². The van der Waals surface area contributed by atoms with Crippen LogP contribution in [0.3, 0.4) is 0 Å². The van der Waals surface area contributed by atoms with Gasteiger partial charge in [0.1, 0.15) is 12.1 Å². The number of hydrogen-bond acceptors (Lipinski definition) is 3. The lowest BCUT2D eigenvalue weighted by molar-refractivity contribution is -0.131. The van der Waals surface area contributed by atoms with Crippen molar-refractivity contribution in [2.75, 3.05) is 6.54 Å². The fourth-order valence-electron chi connectivity index (χ4n) is 5.43. The fourth-order valence-corrected chi connectivity index (χ4v) is 5.43. The Morgan fingerprint density at radius 3 is 2.69 bits per heavy atom. The average molecular weight is 473 g/mol. The maximum absolute atomic E-state index is 13.5. The van der Waals surface area contributed by atoms with Gasteiger partial charge >= 0.3 is 0 Å². The van der Waals surface area contributed by atoms with Crippen LogP contribution in [0.15, 0.2) is 48.5 Å². The molecule has 0 fully saturated rings. The van der Waals surface area contributed by atoms with E-state index in [9.17, 15) is 14.4 Å². The second-order valence-electron chi connectivity index (χ2n) is 9.57. The van der Waals surface area contributed by atoms with Crippen molar-refractivity contribution < 1.29 is 14.4 Å². The third-order valence-corrected chi connectivity index (χ3v) is 7.24. The summed E-state index contributed by atoms with van der Waals surface area (Å²) in [4.78, 5) is 44.8. The third kappa shape index (κ3) is 4.09. The second-order valence-corrected chi connectivity index (χ2v) is 9.57. The number of carbonyl (C=O) groups excluding carboxylic acids is 3. The van der Waals surface area contributed by atoms with Gasteiger partial charge in [0.15, 0.2) is 0 Å². The molecule has 0 unspecified atom stereocenters. The van der Waals surface area contributed by atoms with E-state index < -0.39 is 12.1 Å². The summed E-state index contributed by atoms with van der Waals surface area (Å²) in [5, 5.41) is 6.86. The first kappa shape index (κ1) is 23.1. The molecular formula is C28H32N4O3. The minimum Gasteiger partial charge on any atom is -0.356 e. The molecule has 35 heavy (non-hydrogen) atoms. The van der Waals surface area contributed by atoms with Crippen molar-refractivity contribution in [3.05, 3.63) is 70.9 Å². The average Bonchev–Trinajstić information content (AvgIpc) is 3.39. The zero-order valence-electron chi connectivity index (χ0n) is 20.3. The Labute approximate surface area is 205 Å². The molecule has 0 saturated carbocycles. The summed E-state index contributed by atoms with van der Waals surface area (Å²) in [6, 6.07) is 13.8. The van der Waals surface area contributed by atoms with Crippen LogP contribution in [-0.2, 0) is 16.0 Å². The molecule has 3 atom stereocenters. The van der Waals surface area contributed by atoms with Gasteiger partial charge in [0.2, 0.25) is 11.8 Å². The zero-order valence-corrected chi connectivity index (χ0v) is 20.3. The fraction of sp³-hybridized carbons (Fsp3) is 0.393. The van der Waals surface area contributed by atoms with E-state index in [0.29, 0.717) is 18.5 Å². The number of rotatable bonds is 8. The maximum Gasteiger partial charge on any atom is 0.255 e. The molecule has 0 spiro atoms. The number of aromatic nitrogens is 1. The Kier molecular flexibility index (Phi) is 6.32. The smallest absolute Gasteiger partial charge is 0.255 e. The summed E-state index contributed by atoms with van der Waals surface area (Å²) in [6.07, 6.45) is 4.68. The first-order valence-corrected chi connectivity index (χ1v) is 12.6. The summed E-state index contributed by atoms with van der Waals surface area (Å²) in [5.74, 6) is -0.658. The van der Waals surface area contributed by atoms with Crippen molar-refractivity contribution >= 4 is 28.6 Å². The molecule has 3 N–H and O–H groups in total. The van der Waals surface area contributed by atoms with E-state index in [-0.39, 0.29) is 23.8 Å². The molecule has 7 heteroatoms. The standard InChI is InChI=1S/C28H32N4O3/c1-3-4-5-10-15-29-26(33)17(2)30-27(34)23-16-21-18-11-8-9-14-22(18)31-24(21)25-19-12-6-7-13-20(19)28(35)32(23)25/h6-9,11-14,17,23,25,31H,3-5,10,15-16H2,1-2H3,(H,29,33)(H,30,34)/t17-,23-,25-/m0/s1. The number of amides is 3. The second kappa shape index (κ2) is 9.56. The maximum atomic E-state index is 13.5. The molecule has 7 nitrogen and oxygen atoms in total. The molecule has 0 bridgehead atoms. The molecule has 5 rings (SSSR count). The summed E-state index contributed by atoms with van der Waals surface area (Å²) >= 11 is 0. The largest absolute Gasteiger partial charge is 0.356 e. The van der Waals surface area contributed by atoms with Crippen molar-refractivity contribution in [3.63, 3.8) is 0 Å². The molecule has 1 aromatic heterocycles. The number of para-hydroxylation sites is 1. The van der Waals surface area contributed by atoms with Crippen LogP contribution in [0.2, 0.25) is 0 Å². The Morgan fingerprint density at radius 2 is 1.86 bits per heavy atom. The number of unbranched alkanes of at least 4 members (excludes halogenated alkanes) is 3. The number of nitrogens with zero attached hydrogens (tertiary/aromatic N) is 1. The first-order chi connectivity index (χ1) is 17.0. The normalized spacial score (nSPS) is 19.1. The number of fused-ring (bicyclic) bond motifs is 7. The van der Waals surface area contributed by atoms with Crippen molar-refractivity contribution in [1.82, 2.24) is 20.5 Å². The lowest BCUT2D eigenvalue weighted by atomic mass is 9.90. The van der Waals surface area contributed by atoms with E-state index >= 15 is 0 Å². The van der Waals surface area contributed by atoms with Gasteiger partial charge in [-0.25, -0.2) is 0 Å². The Balaban J connectivity index is 1.40. The number of benzene rings is 2. The highest BCUT2D eigenvalue weighted by Crippen LogP contribution is 2.46. The van der Waals surface area contributed by atoms with Crippen molar-refractivity contribution in [1.29, 1.82) is 0 Å². The van der Waals surface area contributed by atoms with E-state index in [4.69, 9.17) is 0 Å². The summed E-state index contributed by atoms with van der Waals surface area (Å²) < 4.78 is 0. The topological polar surface area (TPSA) is 94.3 Å². The van der Waals surface area contributed by atoms with Gasteiger partial charge in [-0.05, 0) is 36.6 Å². The van der Waals surface area contributed by atoms with Crippen molar-refractivity contribution in [2.24, 2.45) is 0 Å². The van der Waals surface area contributed by atoms with Crippen LogP contribution in [0.25, 0.3) is 10.9 Å². The van der Waals surface area contributed by atoms with Gasteiger partial charge in [0.25, 0.3) is 5.91 Å². The molecular weight excluding hydrogens is 440 g/mol. The lowest BCUT2D eigenvalue weighted by Crippen LogP contribution is -2.56. The summed E-state index contributed by atoms with van der Waals surface area (Å²) in [7, 11) is 0. The summed E-state index contributed by atoms with van der Waals surface area (Å²) in [5.41, 5.74) is 4.54. The van der Waals surface area contributed by atoms with Gasteiger partial charge in [-0.15, -0.1) is 0 Å². The van der Waals surface area contributed by atoms with Crippen molar-refractivity contribution in [2.45, 2.75) is 64.1 Å². The number of aromatic amines is 1. The lowest BCUT2D eigenvalue weighted by Gasteiger charge is -2.37. The minimum atomic E-state index is -0.702. The van der Waals surface area contributed by atoms with E-state index in [1.54, 1.807) is 11.8 Å². The molecule has 0 radical (unpaired) electrons. The monoisotopic (exact) mass is 472 g/mol. The van der Waals surface area contributed by atoms with Crippen LogP contribution >= 0.6 is 0 Å². The van der Waals surface area contributed by atoms with E-state index in [1.165, 1.54) is 0 Å². The van der Waals surface area contributed by atoms with Crippen LogP contribution < -0.4 is 10.6 Å². The first-order valence-electron chi connectivity index (χ1n) is 12.6. The van der Waals surface area contributed by atoms with Crippen LogP contribution in [0.1, 0.15) is 72.8 Å². The predicted molar refractivity (Wildman–Crippen MR) is 135 cm³/mol. The molecule has 2 aromatic carbocycles. The highest BCUT2D eigenvalue weighted by atomic mass is 16.2. The molecule has 3 amide bonds. The Hall–Kier alpha value is -3.61. The SMILES string of the molecule is CCCCCCNC(=O)[C@H](C)NC(=O)[C@@H]1Cc2c([nH]c3ccccc23)[C@@H]2c3ccccc3C(=O)N21. The van der Waals surface area contributed by atoms with Gasteiger partial charge in [-0.2, -0.15) is 0 Å². The van der Waals surface area contributed by atoms with Crippen LogP contribution in [-0.4, -0.2) is 46.2 Å². The predicted octanol–water partition coefficient (Wildman–Crippen LogP) is 3.84. The van der Waals surface area contributed by atoms with Crippen LogP contribution in [0, 0.1) is 0 Å². The van der Waals surface area contributed by atoms with Gasteiger partial charge in [0.05, 0.1) is 6.04 Å². The van der Waals surface area contributed by atoms with Crippen molar-refractivity contribution in [3.8, 4) is 0 Å². The summed E-state index contributed by atoms with van der Waals surface area (Å²) in [6.45, 7) is 4.44. The molecule has 0 saturated heterocycles. The minimum absolute atomic E-state index is 0.150. The van der Waals surface area contributed by atoms with Crippen LogP contribution in [0.5, 0.6) is 0 Å². The number of hydrogen-bond donors (Lipinski definition) is 3. The Morgan fingerprint density at radius 1 is 1.09 bits per heavy atom. The van der Waals surface area contributed by atoms with Gasteiger partial charge < -0.3 is 20.5 Å². The van der Waals surface area contributed by atoms with Crippen LogP contribution in [0.4, 0.5) is 0 Å². The third-order valence-electron chi connectivity index (χ3n) is 7.24. The quantitative estimate of drug-likeness (QED) is 0.435. The molecule has 3 heterocycles. The van der Waals surface area contributed by atoms with E-state index in [1.807, 2.05) is 48.5 Å². The molecule has 2 aliphatic heterocycles. The highest BCUT2D eigenvalue weighted by molar-refractivity contribution is 6.04. The zero-order chi connectivity index (χ0) is 24.5. The number of H-pyrrole nitrogens is 1.